The Kier molecular flexibility index (Phi) is 9.98. The van der Waals surface area contributed by atoms with Crippen LogP contribution in [0.25, 0.3) is 6.08 Å². The number of hydrogen-bond acceptors (Lipinski definition) is 5. The summed E-state index contributed by atoms with van der Waals surface area (Å²) in [7, 11) is 1.65. The highest BCUT2D eigenvalue weighted by Gasteiger charge is 2.07. The van der Waals surface area contributed by atoms with Gasteiger partial charge in [0.2, 0.25) is 0 Å². The molecule has 5 nitrogen and oxygen atoms in total. The summed E-state index contributed by atoms with van der Waals surface area (Å²) in [5.74, 6) is 1.50. The van der Waals surface area contributed by atoms with Gasteiger partial charge in [-0.05, 0) is 72.9 Å². The number of ether oxygens (including phenoxy) is 2. The minimum absolute atomic E-state index is 0.249. The number of carbonyl (C=O) groups is 1. The summed E-state index contributed by atoms with van der Waals surface area (Å²) in [6.45, 7) is 0.518. The quantitative estimate of drug-likeness (QED) is 0.233. The first-order chi connectivity index (χ1) is 16.5. The van der Waals surface area contributed by atoms with Crippen molar-refractivity contribution >= 4 is 23.8 Å². The largest absolute Gasteiger partial charge is 0.497 e. The van der Waals surface area contributed by atoms with Crippen LogP contribution in [0.1, 0.15) is 35.4 Å². The molecule has 2 aromatic carbocycles. The van der Waals surface area contributed by atoms with Gasteiger partial charge in [0.1, 0.15) is 23.0 Å². The first-order valence-electron chi connectivity index (χ1n) is 11.0. The van der Waals surface area contributed by atoms with E-state index in [0.29, 0.717) is 23.8 Å². The lowest BCUT2D eigenvalue weighted by Crippen LogP contribution is -2.02. The van der Waals surface area contributed by atoms with E-state index in [1.54, 1.807) is 31.0 Å². The van der Waals surface area contributed by atoms with Gasteiger partial charge < -0.3 is 14.6 Å². The fourth-order valence-corrected chi connectivity index (χ4v) is 4.14. The number of hydrogen-bond donors (Lipinski definition) is 1. The first-order valence-corrected chi connectivity index (χ1v) is 12.2. The number of aliphatic carboxylic acids is 1. The molecule has 1 aromatic heterocycles. The number of unbranched alkanes of at least 4 members (excludes halogenated alkanes) is 1. The average molecular weight is 482 g/mol. The summed E-state index contributed by atoms with van der Waals surface area (Å²) < 4.78 is 24.1. The number of benzene rings is 2. The molecule has 0 saturated carbocycles. The molecule has 0 aliphatic heterocycles. The van der Waals surface area contributed by atoms with E-state index in [1.165, 1.54) is 23.8 Å². The number of aryl methyl sites for hydroxylation is 1. The van der Waals surface area contributed by atoms with Crippen LogP contribution in [0.5, 0.6) is 11.5 Å². The SMILES string of the molecule is COc1ccc(CCCCOc2ccc(CSCc3ccc(F)cc3)nc2/C=C/C(=O)O)cc1. The van der Waals surface area contributed by atoms with Crippen molar-refractivity contribution in [2.24, 2.45) is 0 Å². The zero-order valence-electron chi connectivity index (χ0n) is 19.1. The number of thioether (sulfide) groups is 1. The second-order valence-corrected chi connectivity index (χ2v) is 8.62. The van der Waals surface area contributed by atoms with Gasteiger partial charge in [0.15, 0.2) is 0 Å². The Hall–Kier alpha value is -3.32. The van der Waals surface area contributed by atoms with E-state index >= 15 is 0 Å². The van der Waals surface area contributed by atoms with Gasteiger partial charge in [0.25, 0.3) is 0 Å². The third-order valence-electron chi connectivity index (χ3n) is 5.04. The number of aromatic nitrogens is 1. The van der Waals surface area contributed by atoms with Crippen LogP contribution in [-0.4, -0.2) is 29.8 Å². The monoisotopic (exact) mass is 481 g/mol. The van der Waals surface area contributed by atoms with Gasteiger partial charge in [-0.25, -0.2) is 14.2 Å². The Balaban J connectivity index is 1.51. The van der Waals surface area contributed by atoms with Crippen molar-refractivity contribution in [1.29, 1.82) is 0 Å². The molecule has 0 aliphatic carbocycles. The summed E-state index contributed by atoms with van der Waals surface area (Å²) in [6.07, 6.45) is 5.31. The highest BCUT2D eigenvalue weighted by molar-refractivity contribution is 7.97. The van der Waals surface area contributed by atoms with Crippen LogP contribution in [0.15, 0.2) is 66.7 Å². The minimum atomic E-state index is -1.04. The maximum Gasteiger partial charge on any atom is 0.328 e. The van der Waals surface area contributed by atoms with E-state index < -0.39 is 5.97 Å². The minimum Gasteiger partial charge on any atom is -0.497 e. The number of halogens is 1. The molecule has 0 bridgehead atoms. The van der Waals surface area contributed by atoms with Gasteiger partial charge in [-0.1, -0.05) is 24.3 Å². The van der Waals surface area contributed by atoms with Crippen LogP contribution < -0.4 is 9.47 Å². The molecule has 0 aliphatic rings. The van der Waals surface area contributed by atoms with Gasteiger partial charge in [-0.3, -0.25) is 0 Å². The molecule has 0 radical (unpaired) electrons. The van der Waals surface area contributed by atoms with Crippen molar-refractivity contribution in [2.75, 3.05) is 13.7 Å². The molecule has 1 N–H and O–H groups in total. The van der Waals surface area contributed by atoms with Gasteiger partial charge in [-0.15, -0.1) is 0 Å². The van der Waals surface area contributed by atoms with Crippen molar-refractivity contribution in [2.45, 2.75) is 30.8 Å². The molecular weight excluding hydrogens is 453 g/mol. The number of methoxy groups -OCH3 is 1. The molecule has 34 heavy (non-hydrogen) atoms. The average Bonchev–Trinajstić information content (AvgIpc) is 2.85. The summed E-state index contributed by atoms with van der Waals surface area (Å²) in [4.78, 5) is 15.6. The molecule has 3 aromatic rings. The number of carboxylic acid groups (broad SMARTS) is 1. The third-order valence-corrected chi connectivity index (χ3v) is 6.07. The number of pyridine rings is 1. The molecule has 0 fully saturated rings. The topological polar surface area (TPSA) is 68.7 Å². The highest BCUT2D eigenvalue weighted by Crippen LogP contribution is 2.23. The Morgan fingerprint density at radius 2 is 1.74 bits per heavy atom. The maximum absolute atomic E-state index is 13.0. The van der Waals surface area contributed by atoms with Crippen LogP contribution in [0.2, 0.25) is 0 Å². The lowest BCUT2D eigenvalue weighted by Gasteiger charge is -2.11. The van der Waals surface area contributed by atoms with Gasteiger partial charge in [-0.2, -0.15) is 11.8 Å². The zero-order chi connectivity index (χ0) is 24.2. The van der Waals surface area contributed by atoms with E-state index in [-0.39, 0.29) is 5.82 Å². The molecule has 0 saturated heterocycles. The van der Waals surface area contributed by atoms with Crippen molar-refractivity contribution in [1.82, 2.24) is 4.98 Å². The molecular formula is C27H28FNO4S. The van der Waals surface area contributed by atoms with Crippen LogP contribution in [0.4, 0.5) is 4.39 Å². The van der Waals surface area contributed by atoms with Crippen LogP contribution in [0.3, 0.4) is 0 Å². The lowest BCUT2D eigenvalue weighted by molar-refractivity contribution is -0.131. The normalized spacial score (nSPS) is 11.0. The van der Waals surface area contributed by atoms with Crippen molar-refractivity contribution in [3.05, 3.63) is 95.1 Å². The van der Waals surface area contributed by atoms with E-state index in [0.717, 1.165) is 48.1 Å². The second kappa shape index (κ2) is 13.4. The number of rotatable bonds is 13. The number of carboxylic acids is 1. The van der Waals surface area contributed by atoms with Gasteiger partial charge in [0.05, 0.1) is 19.4 Å². The predicted molar refractivity (Wildman–Crippen MR) is 134 cm³/mol. The Labute approximate surface area is 203 Å². The van der Waals surface area contributed by atoms with E-state index in [2.05, 4.69) is 17.1 Å². The molecule has 0 amide bonds. The fourth-order valence-electron chi connectivity index (χ4n) is 3.24. The van der Waals surface area contributed by atoms with E-state index in [4.69, 9.17) is 14.6 Å². The van der Waals surface area contributed by atoms with Crippen molar-refractivity contribution in [3.63, 3.8) is 0 Å². The molecule has 7 heteroatoms. The zero-order valence-corrected chi connectivity index (χ0v) is 19.9. The fraction of sp³-hybridized carbons (Fsp3) is 0.259. The standard InChI is InChI=1S/C27H28FNO4S/c1-32-24-12-7-20(8-13-24)4-2-3-17-33-26-15-11-23(29-25(26)14-16-27(30)31)19-34-18-21-5-9-22(28)10-6-21/h5-16H,2-4,17-19H2,1H3,(H,30,31)/b16-14+. The molecule has 0 spiro atoms. The predicted octanol–water partition coefficient (Wildman–Crippen LogP) is 6.16. The Morgan fingerprint density at radius 3 is 2.44 bits per heavy atom. The maximum atomic E-state index is 13.0. The van der Waals surface area contributed by atoms with Gasteiger partial charge in [0, 0.05) is 17.6 Å². The third kappa shape index (κ3) is 8.56. The molecule has 0 unspecified atom stereocenters. The smallest absolute Gasteiger partial charge is 0.328 e. The van der Waals surface area contributed by atoms with Crippen LogP contribution in [-0.2, 0) is 22.7 Å². The summed E-state index contributed by atoms with van der Waals surface area (Å²) in [5.41, 5.74) is 3.60. The Bertz CT molecular complexity index is 1080. The Morgan fingerprint density at radius 1 is 1.00 bits per heavy atom. The van der Waals surface area contributed by atoms with E-state index in [1.807, 2.05) is 24.3 Å². The molecule has 178 valence electrons. The molecule has 0 atom stereocenters. The van der Waals surface area contributed by atoms with Crippen LogP contribution in [0, 0.1) is 5.82 Å². The van der Waals surface area contributed by atoms with Gasteiger partial charge >= 0.3 is 5.97 Å². The van der Waals surface area contributed by atoms with Crippen LogP contribution >= 0.6 is 11.8 Å². The first kappa shape index (κ1) is 25.3. The molecule has 3 rings (SSSR count). The van der Waals surface area contributed by atoms with Crippen molar-refractivity contribution < 1.29 is 23.8 Å². The summed E-state index contributed by atoms with van der Waals surface area (Å²) in [6, 6.07) is 18.2. The highest BCUT2D eigenvalue weighted by atomic mass is 32.2. The number of nitrogens with zero attached hydrogens (tertiary/aromatic N) is 1. The summed E-state index contributed by atoms with van der Waals surface area (Å²) in [5, 5.41) is 9.02. The summed E-state index contributed by atoms with van der Waals surface area (Å²) >= 11 is 1.65. The lowest BCUT2D eigenvalue weighted by atomic mass is 10.1. The van der Waals surface area contributed by atoms with Crippen molar-refractivity contribution in [3.8, 4) is 11.5 Å². The second-order valence-electron chi connectivity index (χ2n) is 7.63. The molecule has 1 heterocycles. The van der Waals surface area contributed by atoms with E-state index in [9.17, 15) is 9.18 Å².